The van der Waals surface area contributed by atoms with Crippen molar-refractivity contribution in [3.8, 4) is 6.07 Å². The minimum absolute atomic E-state index is 0.0321. The van der Waals surface area contributed by atoms with Gasteiger partial charge in [0.05, 0.1) is 17.3 Å². The van der Waals surface area contributed by atoms with Gasteiger partial charge in [-0.2, -0.15) is 5.26 Å². The van der Waals surface area contributed by atoms with Crippen LogP contribution in [0, 0.1) is 17.1 Å². The van der Waals surface area contributed by atoms with Crippen molar-refractivity contribution in [1.82, 2.24) is 0 Å². The summed E-state index contributed by atoms with van der Waals surface area (Å²) >= 11 is 0. The van der Waals surface area contributed by atoms with Crippen molar-refractivity contribution in [2.45, 2.75) is 0 Å². The van der Waals surface area contributed by atoms with Gasteiger partial charge in [-0.25, -0.2) is 4.39 Å². The normalized spacial score (nSPS) is 10.3. The molecule has 104 valence electrons. The van der Waals surface area contributed by atoms with E-state index in [0.29, 0.717) is 16.8 Å². The summed E-state index contributed by atoms with van der Waals surface area (Å²) in [7, 11) is 0. The van der Waals surface area contributed by atoms with Crippen LogP contribution < -0.4 is 11.1 Å². The third kappa shape index (κ3) is 3.91. The van der Waals surface area contributed by atoms with Crippen LogP contribution in [0.15, 0.2) is 48.5 Å². The number of nitriles is 1. The Hall–Kier alpha value is -3.13. The molecule has 0 saturated carbocycles. The monoisotopic (exact) mass is 281 g/mol. The Kier molecular flexibility index (Phi) is 4.32. The number of carbonyl (C=O) groups excluding carboxylic acids is 1. The summed E-state index contributed by atoms with van der Waals surface area (Å²) in [5, 5.41) is 11.3. The van der Waals surface area contributed by atoms with Crippen molar-refractivity contribution in [2.75, 3.05) is 11.1 Å². The molecule has 0 radical (unpaired) electrons. The maximum absolute atomic E-state index is 13.0. The van der Waals surface area contributed by atoms with Gasteiger partial charge in [-0.3, -0.25) is 4.79 Å². The molecule has 0 bridgehead atoms. The quantitative estimate of drug-likeness (QED) is 0.670. The topological polar surface area (TPSA) is 78.9 Å². The fourth-order valence-corrected chi connectivity index (χ4v) is 1.65. The number of hydrogen-bond acceptors (Lipinski definition) is 3. The lowest BCUT2D eigenvalue weighted by molar-refractivity contribution is -0.111. The summed E-state index contributed by atoms with van der Waals surface area (Å²) in [6.07, 6.45) is 2.86. The molecule has 0 spiro atoms. The molecule has 0 saturated heterocycles. The van der Waals surface area contributed by atoms with Gasteiger partial charge in [-0.05, 0) is 48.0 Å². The highest BCUT2D eigenvalue weighted by Crippen LogP contribution is 2.14. The van der Waals surface area contributed by atoms with Crippen molar-refractivity contribution in [3.63, 3.8) is 0 Å². The number of benzene rings is 2. The predicted octanol–water partition coefficient (Wildman–Crippen LogP) is 2.93. The molecule has 0 unspecified atom stereocenters. The summed E-state index contributed by atoms with van der Waals surface area (Å²) in [5.74, 6) is -0.822. The van der Waals surface area contributed by atoms with Crippen molar-refractivity contribution in [2.24, 2.45) is 0 Å². The molecule has 2 aromatic carbocycles. The van der Waals surface area contributed by atoms with E-state index in [1.807, 2.05) is 6.07 Å². The van der Waals surface area contributed by atoms with Crippen LogP contribution in [0.25, 0.3) is 6.08 Å². The van der Waals surface area contributed by atoms with E-state index in [-0.39, 0.29) is 11.6 Å². The molecule has 0 aromatic heterocycles. The highest BCUT2D eigenvalue weighted by atomic mass is 19.1. The van der Waals surface area contributed by atoms with Crippen molar-refractivity contribution >= 4 is 23.4 Å². The van der Waals surface area contributed by atoms with Crippen molar-refractivity contribution in [3.05, 3.63) is 65.5 Å². The van der Waals surface area contributed by atoms with Gasteiger partial charge < -0.3 is 11.1 Å². The first-order chi connectivity index (χ1) is 10.1. The second-order valence-corrected chi connectivity index (χ2v) is 4.29. The zero-order chi connectivity index (χ0) is 15.2. The molecule has 0 atom stereocenters. The first kappa shape index (κ1) is 14.3. The predicted molar refractivity (Wildman–Crippen MR) is 79.6 cm³/mol. The number of anilines is 2. The molecule has 1 amide bonds. The molecule has 0 fully saturated rings. The van der Waals surface area contributed by atoms with E-state index in [1.54, 1.807) is 24.3 Å². The summed E-state index contributed by atoms with van der Waals surface area (Å²) in [4.78, 5) is 11.7. The highest BCUT2D eigenvalue weighted by molar-refractivity contribution is 6.01. The van der Waals surface area contributed by atoms with Crippen LogP contribution >= 0.6 is 0 Å². The van der Waals surface area contributed by atoms with E-state index < -0.39 is 5.82 Å². The third-order valence-corrected chi connectivity index (χ3v) is 2.73. The number of hydrogen-bond donors (Lipinski definition) is 2. The van der Waals surface area contributed by atoms with E-state index in [1.165, 1.54) is 30.4 Å². The van der Waals surface area contributed by atoms with Crippen LogP contribution in [0.5, 0.6) is 0 Å². The lowest BCUT2D eigenvalue weighted by Crippen LogP contribution is -2.07. The Morgan fingerprint density at radius 2 is 1.95 bits per heavy atom. The zero-order valence-electron chi connectivity index (χ0n) is 11.0. The number of carbonyl (C=O) groups is 1. The van der Waals surface area contributed by atoms with Gasteiger partial charge in [0.15, 0.2) is 0 Å². The van der Waals surface area contributed by atoms with Crippen LogP contribution in [0.1, 0.15) is 11.1 Å². The van der Waals surface area contributed by atoms with Crippen LogP contribution in [-0.2, 0) is 4.79 Å². The van der Waals surface area contributed by atoms with Gasteiger partial charge in [0.1, 0.15) is 5.82 Å². The van der Waals surface area contributed by atoms with Crippen LogP contribution in [0.2, 0.25) is 0 Å². The zero-order valence-corrected chi connectivity index (χ0v) is 11.0. The number of nitrogens with zero attached hydrogens (tertiary/aromatic N) is 1. The Morgan fingerprint density at radius 1 is 1.24 bits per heavy atom. The van der Waals surface area contributed by atoms with E-state index in [2.05, 4.69) is 5.32 Å². The summed E-state index contributed by atoms with van der Waals surface area (Å²) in [5.41, 5.74) is 7.21. The number of rotatable bonds is 3. The minimum Gasteiger partial charge on any atom is -0.396 e. The summed E-state index contributed by atoms with van der Waals surface area (Å²) in [6, 6.07) is 12.7. The second kappa shape index (κ2) is 6.35. The number of nitrogens with one attached hydrogen (secondary N) is 1. The molecule has 5 heteroatoms. The third-order valence-electron chi connectivity index (χ3n) is 2.73. The molecular formula is C16H12FN3O. The van der Waals surface area contributed by atoms with Gasteiger partial charge >= 0.3 is 0 Å². The standard InChI is InChI=1S/C16H12FN3O/c17-14-7-3-11(9-15(14)19)4-8-16(21)20-13-5-1-12(10-18)2-6-13/h1-9H,19H2,(H,20,21)/b8-4+. The average molecular weight is 281 g/mol. The molecule has 2 aromatic rings. The van der Waals surface area contributed by atoms with Gasteiger partial charge in [0.25, 0.3) is 0 Å². The first-order valence-electron chi connectivity index (χ1n) is 6.13. The van der Waals surface area contributed by atoms with Crippen LogP contribution in [0.4, 0.5) is 15.8 Å². The van der Waals surface area contributed by atoms with Gasteiger partial charge in [-0.15, -0.1) is 0 Å². The Balaban J connectivity index is 2.01. The fourth-order valence-electron chi connectivity index (χ4n) is 1.65. The molecule has 2 rings (SSSR count). The summed E-state index contributed by atoms with van der Waals surface area (Å²) < 4.78 is 13.0. The van der Waals surface area contributed by atoms with Crippen molar-refractivity contribution in [1.29, 1.82) is 5.26 Å². The van der Waals surface area contributed by atoms with Gasteiger partial charge in [-0.1, -0.05) is 6.07 Å². The Bertz CT molecular complexity index is 730. The maximum atomic E-state index is 13.0. The fraction of sp³-hybridized carbons (Fsp3) is 0. The SMILES string of the molecule is N#Cc1ccc(NC(=O)/C=C/c2ccc(F)c(N)c2)cc1. The van der Waals surface area contributed by atoms with Crippen molar-refractivity contribution < 1.29 is 9.18 Å². The number of nitrogens with two attached hydrogens (primary N) is 1. The smallest absolute Gasteiger partial charge is 0.248 e. The van der Waals surface area contributed by atoms with Gasteiger partial charge in [0.2, 0.25) is 5.91 Å². The second-order valence-electron chi connectivity index (χ2n) is 4.29. The molecule has 4 nitrogen and oxygen atoms in total. The molecule has 21 heavy (non-hydrogen) atoms. The van der Waals surface area contributed by atoms with Crippen LogP contribution in [-0.4, -0.2) is 5.91 Å². The number of halogens is 1. The van der Waals surface area contributed by atoms with E-state index in [0.717, 1.165) is 0 Å². The average Bonchev–Trinajstić information content (AvgIpc) is 2.49. The van der Waals surface area contributed by atoms with Crippen LogP contribution in [0.3, 0.4) is 0 Å². The number of amides is 1. The van der Waals surface area contributed by atoms with E-state index in [9.17, 15) is 9.18 Å². The van der Waals surface area contributed by atoms with E-state index >= 15 is 0 Å². The van der Waals surface area contributed by atoms with Gasteiger partial charge in [0, 0.05) is 11.8 Å². The Labute approximate surface area is 121 Å². The lowest BCUT2D eigenvalue weighted by atomic mass is 10.2. The molecule has 0 aliphatic rings. The first-order valence-corrected chi connectivity index (χ1v) is 6.13. The largest absolute Gasteiger partial charge is 0.396 e. The highest BCUT2D eigenvalue weighted by Gasteiger charge is 2.00. The minimum atomic E-state index is -0.491. The Morgan fingerprint density at radius 3 is 2.57 bits per heavy atom. The lowest BCUT2D eigenvalue weighted by Gasteiger charge is -2.02. The molecule has 0 aliphatic carbocycles. The molecule has 0 aliphatic heterocycles. The molecule has 0 heterocycles. The molecule has 3 N–H and O–H groups in total. The maximum Gasteiger partial charge on any atom is 0.248 e. The molecular weight excluding hydrogens is 269 g/mol. The number of nitrogen functional groups attached to an aromatic ring is 1. The van der Waals surface area contributed by atoms with E-state index in [4.69, 9.17) is 11.0 Å². The summed E-state index contributed by atoms with van der Waals surface area (Å²) in [6.45, 7) is 0.